The molecule has 1 aromatic carbocycles. The number of fused-ring (bicyclic) bond motifs is 1. The van der Waals surface area contributed by atoms with Gasteiger partial charge in [0.1, 0.15) is 4.90 Å². The smallest absolute Gasteiger partial charge is 0.287 e. The molecule has 7 heteroatoms. The highest BCUT2D eigenvalue weighted by molar-refractivity contribution is 7.90. The normalized spacial score (nSPS) is 18.3. The molecule has 1 aliphatic rings. The number of rotatable bonds is 2. The second-order valence-corrected chi connectivity index (χ2v) is 6.87. The number of benzene rings is 1. The van der Waals surface area contributed by atoms with Gasteiger partial charge in [-0.15, -0.1) is 4.40 Å². The Morgan fingerprint density at radius 2 is 2.00 bits per heavy atom. The van der Waals surface area contributed by atoms with E-state index < -0.39 is 10.0 Å². The van der Waals surface area contributed by atoms with Crippen LogP contribution in [-0.2, 0) is 10.0 Å². The lowest BCUT2D eigenvalue weighted by Crippen LogP contribution is -2.42. The van der Waals surface area contributed by atoms with E-state index in [2.05, 4.69) is 15.0 Å². The van der Waals surface area contributed by atoms with Crippen molar-refractivity contribution >= 4 is 33.3 Å². The molecular formula is C12H16ClN3O2S. The fraction of sp³-hybridized carbons (Fsp3) is 0.417. The van der Waals surface area contributed by atoms with E-state index in [1.807, 2.05) is 20.8 Å². The summed E-state index contributed by atoms with van der Waals surface area (Å²) in [6.07, 6.45) is 0. The number of nitrogens with one attached hydrogen (secondary N) is 2. The summed E-state index contributed by atoms with van der Waals surface area (Å²) in [5, 5.41) is 6.48. The fourth-order valence-electron chi connectivity index (χ4n) is 1.59. The Hall–Kier alpha value is -1.27. The van der Waals surface area contributed by atoms with Crippen molar-refractivity contribution in [1.82, 2.24) is 5.32 Å². The van der Waals surface area contributed by atoms with Crippen LogP contribution in [0.3, 0.4) is 0 Å². The van der Waals surface area contributed by atoms with Crippen molar-refractivity contribution in [3.8, 4) is 0 Å². The Labute approximate surface area is 118 Å². The lowest BCUT2D eigenvalue weighted by Gasteiger charge is -2.24. The maximum Gasteiger partial charge on any atom is 0.287 e. The van der Waals surface area contributed by atoms with Crippen LogP contribution in [0.15, 0.2) is 27.5 Å². The Kier molecular flexibility index (Phi) is 3.73. The molecule has 0 aliphatic carbocycles. The van der Waals surface area contributed by atoms with Crippen molar-refractivity contribution < 1.29 is 8.42 Å². The summed E-state index contributed by atoms with van der Waals surface area (Å²) in [7, 11) is -3.67. The zero-order valence-electron chi connectivity index (χ0n) is 10.9. The van der Waals surface area contributed by atoms with Gasteiger partial charge in [0.05, 0.1) is 5.69 Å². The summed E-state index contributed by atoms with van der Waals surface area (Å²) in [4.78, 5) is 0.139. The van der Waals surface area contributed by atoms with Gasteiger partial charge in [0.25, 0.3) is 10.0 Å². The molecule has 2 rings (SSSR count). The minimum absolute atomic E-state index is 0.0992. The number of guanidine groups is 1. The van der Waals surface area contributed by atoms with E-state index in [9.17, 15) is 8.42 Å². The third kappa shape index (κ3) is 3.01. The molecule has 0 fully saturated rings. The van der Waals surface area contributed by atoms with Gasteiger partial charge in [0, 0.05) is 11.1 Å². The van der Waals surface area contributed by atoms with Crippen molar-refractivity contribution in [1.29, 1.82) is 0 Å². The van der Waals surface area contributed by atoms with Crippen molar-refractivity contribution in [2.24, 2.45) is 10.3 Å². The highest BCUT2D eigenvalue weighted by Gasteiger charge is 2.25. The zero-order valence-corrected chi connectivity index (χ0v) is 12.5. The van der Waals surface area contributed by atoms with E-state index in [4.69, 9.17) is 11.6 Å². The molecule has 1 atom stereocenters. The SMILES string of the molecule is CC(C)C(C)NC1=NS(=O)(=O)c2ccc(Cl)cc2N1. The number of halogens is 1. The molecule has 1 unspecified atom stereocenters. The molecule has 104 valence electrons. The van der Waals surface area contributed by atoms with Gasteiger partial charge < -0.3 is 10.6 Å². The standard InChI is InChI=1S/C12H16ClN3O2S/c1-7(2)8(3)14-12-15-10-6-9(13)4-5-11(10)19(17,18)16-12/h4-8H,1-3H3,(H2,14,15,16). The van der Waals surface area contributed by atoms with Gasteiger partial charge in [-0.3, -0.25) is 0 Å². The van der Waals surface area contributed by atoms with E-state index in [0.717, 1.165) is 0 Å². The zero-order chi connectivity index (χ0) is 14.2. The van der Waals surface area contributed by atoms with Gasteiger partial charge in [-0.1, -0.05) is 25.4 Å². The summed E-state index contributed by atoms with van der Waals surface area (Å²) in [5.41, 5.74) is 0.445. The van der Waals surface area contributed by atoms with E-state index in [0.29, 0.717) is 16.6 Å². The maximum absolute atomic E-state index is 12.0. The number of hydrogen-bond donors (Lipinski definition) is 2. The largest absolute Gasteiger partial charge is 0.352 e. The van der Waals surface area contributed by atoms with Crippen LogP contribution < -0.4 is 10.6 Å². The predicted octanol–water partition coefficient (Wildman–Crippen LogP) is 2.44. The Morgan fingerprint density at radius 3 is 2.63 bits per heavy atom. The number of sulfonamides is 1. The molecule has 0 bridgehead atoms. The Balaban J connectivity index is 2.35. The van der Waals surface area contributed by atoms with Crippen LogP contribution in [0.2, 0.25) is 5.02 Å². The second-order valence-electron chi connectivity index (χ2n) is 4.86. The maximum atomic E-state index is 12.0. The van der Waals surface area contributed by atoms with E-state index in [-0.39, 0.29) is 16.9 Å². The number of nitrogens with zero attached hydrogens (tertiary/aromatic N) is 1. The molecule has 1 heterocycles. The van der Waals surface area contributed by atoms with E-state index >= 15 is 0 Å². The lowest BCUT2D eigenvalue weighted by molar-refractivity contribution is 0.486. The average molecular weight is 302 g/mol. The molecule has 0 spiro atoms. The summed E-state index contributed by atoms with van der Waals surface area (Å²) >= 11 is 5.88. The summed E-state index contributed by atoms with van der Waals surface area (Å²) in [5.74, 6) is 0.587. The van der Waals surface area contributed by atoms with Gasteiger partial charge >= 0.3 is 0 Å². The van der Waals surface area contributed by atoms with Crippen molar-refractivity contribution in [3.05, 3.63) is 23.2 Å². The third-order valence-corrected chi connectivity index (χ3v) is 4.62. The van der Waals surface area contributed by atoms with Crippen molar-refractivity contribution in [2.75, 3.05) is 5.32 Å². The summed E-state index contributed by atoms with van der Waals surface area (Å²) in [6.45, 7) is 6.05. The van der Waals surface area contributed by atoms with Crippen LogP contribution in [0.5, 0.6) is 0 Å². The highest BCUT2D eigenvalue weighted by Crippen LogP contribution is 2.29. The van der Waals surface area contributed by atoms with Gasteiger partial charge in [0.2, 0.25) is 5.96 Å². The molecule has 0 aromatic heterocycles. The molecule has 19 heavy (non-hydrogen) atoms. The van der Waals surface area contributed by atoms with Crippen LogP contribution >= 0.6 is 11.6 Å². The van der Waals surface area contributed by atoms with Gasteiger partial charge in [0.15, 0.2) is 0 Å². The molecule has 0 saturated heterocycles. The molecular weight excluding hydrogens is 286 g/mol. The van der Waals surface area contributed by atoms with Gasteiger partial charge in [-0.25, -0.2) is 0 Å². The second kappa shape index (κ2) is 5.02. The van der Waals surface area contributed by atoms with Crippen LogP contribution in [-0.4, -0.2) is 20.4 Å². The van der Waals surface area contributed by atoms with Crippen LogP contribution in [0.1, 0.15) is 20.8 Å². The molecule has 2 N–H and O–H groups in total. The van der Waals surface area contributed by atoms with Crippen LogP contribution in [0, 0.1) is 5.92 Å². The molecule has 0 saturated carbocycles. The first-order valence-corrected chi connectivity index (χ1v) is 7.79. The quantitative estimate of drug-likeness (QED) is 0.880. The monoisotopic (exact) mass is 301 g/mol. The van der Waals surface area contributed by atoms with Crippen molar-refractivity contribution in [3.63, 3.8) is 0 Å². The topological polar surface area (TPSA) is 70.6 Å². The van der Waals surface area contributed by atoms with Crippen molar-refractivity contribution in [2.45, 2.75) is 31.7 Å². The summed E-state index contributed by atoms with van der Waals surface area (Å²) in [6, 6.07) is 4.66. The predicted molar refractivity (Wildman–Crippen MR) is 77.1 cm³/mol. The molecule has 1 aliphatic heterocycles. The highest BCUT2D eigenvalue weighted by atomic mass is 35.5. The first-order valence-electron chi connectivity index (χ1n) is 5.97. The molecule has 0 radical (unpaired) electrons. The van der Waals surface area contributed by atoms with Gasteiger partial charge in [-0.05, 0) is 31.0 Å². The average Bonchev–Trinajstić information content (AvgIpc) is 2.26. The molecule has 0 amide bonds. The van der Waals surface area contributed by atoms with E-state index in [1.54, 1.807) is 6.07 Å². The minimum atomic E-state index is -3.67. The fourth-order valence-corrected chi connectivity index (χ4v) is 2.83. The van der Waals surface area contributed by atoms with Crippen LogP contribution in [0.25, 0.3) is 0 Å². The first kappa shape index (κ1) is 14.1. The lowest BCUT2D eigenvalue weighted by atomic mass is 10.1. The Bertz CT molecular complexity index is 626. The first-order chi connectivity index (χ1) is 8.79. The number of anilines is 1. The van der Waals surface area contributed by atoms with Crippen LogP contribution in [0.4, 0.5) is 5.69 Å². The number of hydrogen-bond acceptors (Lipinski definition) is 4. The minimum Gasteiger partial charge on any atom is -0.352 e. The molecule has 5 nitrogen and oxygen atoms in total. The molecule has 1 aromatic rings. The van der Waals surface area contributed by atoms with Gasteiger partial charge in [-0.2, -0.15) is 8.42 Å². The summed E-state index contributed by atoms with van der Waals surface area (Å²) < 4.78 is 27.8. The van der Waals surface area contributed by atoms with E-state index in [1.165, 1.54) is 12.1 Å². The Morgan fingerprint density at radius 1 is 1.32 bits per heavy atom. The third-order valence-electron chi connectivity index (χ3n) is 3.05.